The zero-order chi connectivity index (χ0) is 19.7. The molecule has 1 saturated heterocycles. The van der Waals surface area contributed by atoms with Crippen molar-refractivity contribution in [2.45, 2.75) is 13.0 Å². The molecule has 1 aromatic heterocycles. The number of hydrogen-bond donors (Lipinski definition) is 1. The van der Waals surface area contributed by atoms with Gasteiger partial charge in [0, 0.05) is 18.2 Å². The molecular formula is C20H18FN3O4. The second-order valence-electron chi connectivity index (χ2n) is 6.54. The maximum absolute atomic E-state index is 13.4. The van der Waals surface area contributed by atoms with E-state index in [9.17, 15) is 9.18 Å². The summed E-state index contributed by atoms with van der Waals surface area (Å²) < 4.78 is 23.6. The standard InChI is InChI=1S/C20H18FN3O4/c1-12-11-27-9-8-24(12)19-18(13-2-4-14(21)5-3-13)22-16-7-6-15(28-20(25)26)10-17(16)23-19/h2-7,10,12H,8-9,11H2,1H3,(H,25,26)/t12-/m0/s1. The molecule has 7 nitrogen and oxygen atoms in total. The Balaban J connectivity index is 1.88. The van der Waals surface area contributed by atoms with Crippen LogP contribution < -0.4 is 9.64 Å². The van der Waals surface area contributed by atoms with Gasteiger partial charge in [-0.2, -0.15) is 0 Å². The summed E-state index contributed by atoms with van der Waals surface area (Å²) in [5, 5.41) is 8.84. The SMILES string of the molecule is C[C@H]1COCCN1c1nc2cc(OC(=O)O)ccc2nc1-c1ccc(F)cc1. The van der Waals surface area contributed by atoms with Crippen LogP contribution in [0.15, 0.2) is 42.5 Å². The van der Waals surface area contributed by atoms with Crippen molar-refractivity contribution in [1.82, 2.24) is 9.97 Å². The maximum Gasteiger partial charge on any atom is 0.511 e. The van der Waals surface area contributed by atoms with Crippen molar-refractivity contribution in [2.24, 2.45) is 0 Å². The molecular weight excluding hydrogens is 365 g/mol. The van der Waals surface area contributed by atoms with Crippen LogP contribution in [0.25, 0.3) is 22.3 Å². The third kappa shape index (κ3) is 3.59. The lowest BCUT2D eigenvalue weighted by Gasteiger charge is -2.35. The van der Waals surface area contributed by atoms with Gasteiger partial charge in [-0.15, -0.1) is 0 Å². The molecule has 1 atom stereocenters. The monoisotopic (exact) mass is 383 g/mol. The summed E-state index contributed by atoms with van der Waals surface area (Å²) >= 11 is 0. The lowest BCUT2D eigenvalue weighted by molar-refractivity contribution is 0.0986. The molecule has 28 heavy (non-hydrogen) atoms. The molecule has 8 heteroatoms. The van der Waals surface area contributed by atoms with Gasteiger partial charge in [-0.1, -0.05) is 0 Å². The molecule has 0 amide bonds. The Morgan fingerprint density at radius 1 is 1.21 bits per heavy atom. The Kier molecular flexibility index (Phi) is 4.79. The largest absolute Gasteiger partial charge is 0.511 e. The lowest BCUT2D eigenvalue weighted by atomic mass is 10.1. The van der Waals surface area contributed by atoms with Gasteiger partial charge < -0.3 is 19.5 Å². The van der Waals surface area contributed by atoms with Gasteiger partial charge in [0.25, 0.3) is 0 Å². The fourth-order valence-electron chi connectivity index (χ4n) is 3.23. The van der Waals surface area contributed by atoms with Gasteiger partial charge >= 0.3 is 6.16 Å². The van der Waals surface area contributed by atoms with Crippen molar-refractivity contribution in [2.75, 3.05) is 24.7 Å². The first-order valence-electron chi connectivity index (χ1n) is 8.84. The highest BCUT2D eigenvalue weighted by Gasteiger charge is 2.25. The van der Waals surface area contributed by atoms with E-state index in [2.05, 4.69) is 4.90 Å². The van der Waals surface area contributed by atoms with Gasteiger partial charge in [-0.25, -0.2) is 19.2 Å². The molecule has 0 unspecified atom stereocenters. The van der Waals surface area contributed by atoms with Gasteiger partial charge in [0.1, 0.15) is 17.3 Å². The van der Waals surface area contributed by atoms with Crippen LogP contribution >= 0.6 is 0 Å². The first-order chi connectivity index (χ1) is 13.5. The van der Waals surface area contributed by atoms with Gasteiger partial charge in [-0.3, -0.25) is 0 Å². The third-order valence-electron chi connectivity index (χ3n) is 4.58. The van der Waals surface area contributed by atoms with Crippen LogP contribution in [0.2, 0.25) is 0 Å². The lowest BCUT2D eigenvalue weighted by Crippen LogP contribution is -2.44. The molecule has 2 aromatic carbocycles. The number of fused-ring (bicyclic) bond motifs is 1. The molecule has 0 aliphatic carbocycles. The average molecular weight is 383 g/mol. The summed E-state index contributed by atoms with van der Waals surface area (Å²) in [5.74, 6) is 0.487. The zero-order valence-electron chi connectivity index (χ0n) is 15.1. The fraction of sp³-hybridized carbons (Fsp3) is 0.250. The number of anilines is 1. The van der Waals surface area contributed by atoms with Crippen molar-refractivity contribution in [3.63, 3.8) is 0 Å². The van der Waals surface area contributed by atoms with Crippen molar-refractivity contribution in [3.8, 4) is 17.0 Å². The number of halogens is 1. The van der Waals surface area contributed by atoms with E-state index in [4.69, 9.17) is 24.5 Å². The highest BCUT2D eigenvalue weighted by Crippen LogP contribution is 2.32. The predicted molar refractivity (Wildman–Crippen MR) is 101 cm³/mol. The van der Waals surface area contributed by atoms with Crippen LogP contribution in [-0.4, -0.2) is 47.0 Å². The van der Waals surface area contributed by atoms with Crippen LogP contribution in [-0.2, 0) is 4.74 Å². The molecule has 3 aromatic rings. The second kappa shape index (κ2) is 7.40. The Morgan fingerprint density at radius 2 is 2.00 bits per heavy atom. The number of benzene rings is 2. The Morgan fingerprint density at radius 3 is 2.71 bits per heavy atom. The van der Waals surface area contributed by atoms with Gasteiger partial charge in [0.05, 0.1) is 30.3 Å². The molecule has 1 aliphatic heterocycles. The first-order valence-corrected chi connectivity index (χ1v) is 8.84. The summed E-state index contributed by atoms with van der Waals surface area (Å²) in [7, 11) is 0. The Labute approximate surface area is 160 Å². The minimum atomic E-state index is -1.39. The first kappa shape index (κ1) is 18.1. The topological polar surface area (TPSA) is 84.8 Å². The van der Waals surface area contributed by atoms with Crippen LogP contribution in [0.3, 0.4) is 0 Å². The predicted octanol–water partition coefficient (Wildman–Crippen LogP) is 3.72. The molecule has 0 saturated carbocycles. The summed E-state index contributed by atoms with van der Waals surface area (Å²) in [5.41, 5.74) is 2.48. The van der Waals surface area contributed by atoms with E-state index in [0.29, 0.717) is 42.3 Å². The van der Waals surface area contributed by atoms with Crippen molar-refractivity contribution >= 4 is 23.0 Å². The number of hydrogen-bond acceptors (Lipinski definition) is 6. The quantitative estimate of drug-likeness (QED) is 0.545. The molecule has 0 spiro atoms. The van der Waals surface area contributed by atoms with Gasteiger partial charge in [0.15, 0.2) is 5.82 Å². The van der Waals surface area contributed by atoms with E-state index in [1.165, 1.54) is 18.2 Å². The van der Waals surface area contributed by atoms with E-state index in [1.54, 1.807) is 24.3 Å². The van der Waals surface area contributed by atoms with Crippen molar-refractivity contribution in [3.05, 3.63) is 48.3 Å². The molecule has 2 heterocycles. The molecule has 144 valence electrons. The second-order valence-corrected chi connectivity index (χ2v) is 6.54. The third-order valence-corrected chi connectivity index (χ3v) is 4.58. The van der Waals surface area contributed by atoms with E-state index in [1.807, 2.05) is 6.92 Å². The van der Waals surface area contributed by atoms with Crippen molar-refractivity contribution < 1.29 is 23.8 Å². The smallest absolute Gasteiger partial charge is 0.449 e. The maximum atomic E-state index is 13.4. The number of aromatic nitrogens is 2. The molecule has 1 aliphatic rings. The molecule has 4 rings (SSSR count). The van der Waals surface area contributed by atoms with Gasteiger partial charge in [-0.05, 0) is 43.3 Å². The summed E-state index contributed by atoms with van der Waals surface area (Å²) in [6.07, 6.45) is -1.39. The molecule has 1 N–H and O–H groups in total. The number of ether oxygens (including phenoxy) is 2. The summed E-state index contributed by atoms with van der Waals surface area (Å²) in [6.45, 7) is 3.80. The number of carboxylic acid groups (broad SMARTS) is 1. The number of morpholine rings is 1. The van der Waals surface area contributed by atoms with Crippen LogP contribution in [0, 0.1) is 5.82 Å². The van der Waals surface area contributed by atoms with Crippen molar-refractivity contribution in [1.29, 1.82) is 0 Å². The van der Waals surface area contributed by atoms with E-state index in [0.717, 1.165) is 5.56 Å². The number of rotatable bonds is 3. The molecule has 0 bridgehead atoms. The normalized spacial score (nSPS) is 16.9. The van der Waals surface area contributed by atoms with Crippen LogP contribution in [0.1, 0.15) is 6.92 Å². The van der Waals surface area contributed by atoms with E-state index < -0.39 is 6.16 Å². The van der Waals surface area contributed by atoms with Gasteiger partial charge in [0.2, 0.25) is 0 Å². The highest BCUT2D eigenvalue weighted by atomic mass is 19.1. The molecule has 1 fully saturated rings. The molecule has 0 radical (unpaired) electrons. The minimum absolute atomic E-state index is 0.0816. The minimum Gasteiger partial charge on any atom is -0.449 e. The van der Waals surface area contributed by atoms with E-state index >= 15 is 0 Å². The van der Waals surface area contributed by atoms with Crippen LogP contribution in [0.5, 0.6) is 5.75 Å². The van der Waals surface area contributed by atoms with Crippen LogP contribution in [0.4, 0.5) is 15.0 Å². The average Bonchev–Trinajstić information content (AvgIpc) is 2.68. The summed E-state index contributed by atoms with van der Waals surface area (Å²) in [6, 6.07) is 10.9. The Hall–Kier alpha value is -3.26. The number of nitrogens with zero attached hydrogens (tertiary/aromatic N) is 3. The zero-order valence-corrected chi connectivity index (χ0v) is 15.1. The highest BCUT2D eigenvalue weighted by molar-refractivity contribution is 5.85. The Bertz CT molecular complexity index is 1030. The summed E-state index contributed by atoms with van der Waals surface area (Å²) in [4.78, 5) is 22.4. The fourth-order valence-corrected chi connectivity index (χ4v) is 3.23. The van der Waals surface area contributed by atoms with E-state index in [-0.39, 0.29) is 17.6 Å². The number of carbonyl (C=O) groups is 1.